The molecule has 0 fully saturated rings. The van der Waals surface area contributed by atoms with E-state index in [1.54, 1.807) is 27.7 Å². The molecule has 158 valence electrons. The van der Waals surface area contributed by atoms with Gasteiger partial charge in [0.15, 0.2) is 0 Å². The lowest BCUT2D eigenvalue weighted by Crippen LogP contribution is -2.40. The van der Waals surface area contributed by atoms with Crippen LogP contribution in [0.5, 0.6) is 0 Å². The summed E-state index contributed by atoms with van der Waals surface area (Å²) in [4.78, 5) is 26.2. The van der Waals surface area contributed by atoms with Crippen molar-refractivity contribution < 1.29 is 27.5 Å². The molecule has 0 aliphatic carbocycles. The van der Waals surface area contributed by atoms with Gasteiger partial charge in [-0.15, -0.1) is 0 Å². The molecule has 1 aromatic rings. The zero-order chi connectivity index (χ0) is 21.5. The first-order chi connectivity index (χ1) is 12.9. The first-order valence-corrected chi connectivity index (χ1v) is 9.02. The van der Waals surface area contributed by atoms with Crippen LogP contribution in [0.2, 0.25) is 0 Å². The third-order valence-electron chi connectivity index (χ3n) is 3.82. The highest BCUT2D eigenvalue weighted by atomic mass is 19.4. The number of alkyl halides is 3. The number of carbonyl (C=O) groups is 2. The molecule has 2 amide bonds. The number of likely N-dealkylation sites (N-methyl/N-ethyl adjacent to an activating group) is 1. The van der Waals surface area contributed by atoms with Gasteiger partial charge in [0.05, 0.1) is 18.0 Å². The van der Waals surface area contributed by atoms with E-state index in [0.717, 1.165) is 12.1 Å². The summed E-state index contributed by atoms with van der Waals surface area (Å²) >= 11 is 0. The zero-order valence-corrected chi connectivity index (χ0v) is 16.6. The minimum absolute atomic E-state index is 0.165. The maximum absolute atomic E-state index is 13.1. The van der Waals surface area contributed by atoms with E-state index >= 15 is 0 Å². The first-order valence-electron chi connectivity index (χ1n) is 9.02. The van der Waals surface area contributed by atoms with Crippen LogP contribution >= 0.6 is 0 Å². The van der Waals surface area contributed by atoms with Gasteiger partial charge in [-0.3, -0.25) is 4.79 Å². The molecular formula is C19H28F3N3O3. The molecule has 0 aromatic heterocycles. The maximum Gasteiger partial charge on any atom is 0.416 e. The largest absolute Gasteiger partial charge is 0.444 e. The minimum atomic E-state index is -4.54. The number of nitrogens with zero attached hydrogens (tertiary/aromatic N) is 1. The van der Waals surface area contributed by atoms with Crippen LogP contribution in [0.4, 0.5) is 18.0 Å². The Hall–Kier alpha value is -2.29. The number of benzene rings is 1. The van der Waals surface area contributed by atoms with Crippen LogP contribution in [0.1, 0.15) is 51.3 Å². The Morgan fingerprint density at radius 1 is 1.25 bits per heavy atom. The molecule has 6 nitrogen and oxygen atoms in total. The van der Waals surface area contributed by atoms with Crippen molar-refractivity contribution in [2.45, 2.75) is 51.9 Å². The van der Waals surface area contributed by atoms with Crippen molar-refractivity contribution in [2.24, 2.45) is 5.73 Å². The van der Waals surface area contributed by atoms with Gasteiger partial charge in [-0.05, 0) is 45.4 Å². The molecule has 0 saturated carbocycles. The van der Waals surface area contributed by atoms with E-state index < -0.39 is 29.5 Å². The first kappa shape index (κ1) is 23.7. The fourth-order valence-electron chi connectivity index (χ4n) is 2.55. The summed E-state index contributed by atoms with van der Waals surface area (Å²) in [5.74, 6) is -0.327. The Bertz CT molecular complexity index is 672. The van der Waals surface area contributed by atoms with E-state index in [9.17, 15) is 22.8 Å². The summed E-state index contributed by atoms with van der Waals surface area (Å²) in [6, 6.07) is 3.56. The van der Waals surface area contributed by atoms with Gasteiger partial charge in [-0.25, -0.2) is 4.79 Å². The van der Waals surface area contributed by atoms with Gasteiger partial charge in [0.2, 0.25) is 5.91 Å². The van der Waals surface area contributed by atoms with Gasteiger partial charge in [0.1, 0.15) is 5.60 Å². The molecule has 1 unspecified atom stereocenters. The SMILES string of the molecule is CCN(CCN)C(=O)CC(NC(=O)OC(C)(C)C)c1cccc(C(F)(F)F)c1. The molecule has 0 spiro atoms. The van der Waals surface area contributed by atoms with E-state index in [4.69, 9.17) is 10.5 Å². The molecule has 0 saturated heterocycles. The lowest BCUT2D eigenvalue weighted by atomic mass is 10.0. The topological polar surface area (TPSA) is 84.7 Å². The second-order valence-corrected chi connectivity index (χ2v) is 7.29. The van der Waals surface area contributed by atoms with Gasteiger partial charge in [-0.1, -0.05) is 12.1 Å². The number of nitrogens with one attached hydrogen (secondary N) is 1. The molecule has 0 radical (unpaired) electrons. The highest BCUT2D eigenvalue weighted by Gasteiger charge is 2.32. The number of ether oxygens (including phenoxy) is 1. The van der Waals surface area contributed by atoms with Crippen LogP contribution in [-0.4, -0.2) is 42.1 Å². The van der Waals surface area contributed by atoms with Crippen LogP contribution in [0.3, 0.4) is 0 Å². The predicted molar refractivity (Wildman–Crippen MR) is 99.5 cm³/mol. The third-order valence-corrected chi connectivity index (χ3v) is 3.82. The highest BCUT2D eigenvalue weighted by molar-refractivity contribution is 5.78. The van der Waals surface area contributed by atoms with E-state index in [0.29, 0.717) is 13.1 Å². The molecular weight excluding hydrogens is 375 g/mol. The van der Waals surface area contributed by atoms with Crippen molar-refractivity contribution in [3.8, 4) is 0 Å². The molecule has 0 heterocycles. The summed E-state index contributed by atoms with van der Waals surface area (Å²) in [6.07, 6.45) is -5.57. The predicted octanol–water partition coefficient (Wildman–Crippen LogP) is 3.47. The van der Waals surface area contributed by atoms with Crippen molar-refractivity contribution >= 4 is 12.0 Å². The molecule has 28 heavy (non-hydrogen) atoms. The van der Waals surface area contributed by atoms with Crippen molar-refractivity contribution in [2.75, 3.05) is 19.6 Å². The second-order valence-electron chi connectivity index (χ2n) is 7.29. The number of hydrogen-bond acceptors (Lipinski definition) is 4. The number of alkyl carbamates (subject to hydrolysis) is 1. The average Bonchev–Trinajstić information content (AvgIpc) is 2.56. The standard InChI is InChI=1S/C19H28F3N3O3/c1-5-25(10-9-23)16(26)12-15(24-17(27)28-18(2,3)4)13-7-6-8-14(11-13)19(20,21)22/h6-8,11,15H,5,9-10,12,23H2,1-4H3,(H,24,27). The Morgan fingerprint density at radius 2 is 1.89 bits per heavy atom. The number of hydrogen-bond donors (Lipinski definition) is 2. The van der Waals surface area contributed by atoms with E-state index in [1.165, 1.54) is 17.0 Å². The van der Waals surface area contributed by atoms with Gasteiger partial charge in [-0.2, -0.15) is 13.2 Å². The van der Waals surface area contributed by atoms with Crippen LogP contribution in [0, 0.1) is 0 Å². The van der Waals surface area contributed by atoms with Gasteiger partial charge in [0, 0.05) is 19.6 Å². The smallest absolute Gasteiger partial charge is 0.416 e. The van der Waals surface area contributed by atoms with Crippen molar-refractivity contribution in [3.63, 3.8) is 0 Å². The van der Waals surface area contributed by atoms with Crippen molar-refractivity contribution in [3.05, 3.63) is 35.4 Å². The van der Waals surface area contributed by atoms with Gasteiger partial charge in [0.25, 0.3) is 0 Å². The van der Waals surface area contributed by atoms with Crippen LogP contribution < -0.4 is 11.1 Å². The Kier molecular flexibility index (Phi) is 8.29. The molecule has 9 heteroatoms. The Morgan fingerprint density at radius 3 is 2.39 bits per heavy atom. The van der Waals surface area contributed by atoms with Crippen molar-refractivity contribution in [1.82, 2.24) is 10.2 Å². The normalized spacial score (nSPS) is 13.0. The number of carbonyl (C=O) groups excluding carboxylic acids is 2. The van der Waals surface area contributed by atoms with Crippen LogP contribution in [0.25, 0.3) is 0 Å². The quantitative estimate of drug-likeness (QED) is 0.730. The van der Waals surface area contributed by atoms with Crippen molar-refractivity contribution in [1.29, 1.82) is 0 Å². The Balaban J connectivity index is 3.14. The second kappa shape index (κ2) is 9.77. The van der Waals surface area contributed by atoms with Gasteiger partial charge < -0.3 is 20.7 Å². The monoisotopic (exact) mass is 403 g/mol. The summed E-state index contributed by atoms with van der Waals surface area (Å²) < 4.78 is 44.4. The fraction of sp³-hybridized carbons (Fsp3) is 0.579. The lowest BCUT2D eigenvalue weighted by Gasteiger charge is -2.26. The average molecular weight is 403 g/mol. The lowest BCUT2D eigenvalue weighted by molar-refractivity contribution is -0.137. The fourth-order valence-corrected chi connectivity index (χ4v) is 2.55. The third kappa shape index (κ3) is 7.75. The van der Waals surface area contributed by atoms with Gasteiger partial charge >= 0.3 is 12.3 Å². The number of rotatable bonds is 7. The molecule has 3 N–H and O–H groups in total. The summed E-state index contributed by atoms with van der Waals surface area (Å²) in [7, 11) is 0. The minimum Gasteiger partial charge on any atom is -0.444 e. The van der Waals surface area contributed by atoms with E-state index in [2.05, 4.69) is 5.32 Å². The molecule has 0 aliphatic rings. The van der Waals surface area contributed by atoms with Crippen LogP contribution in [0.15, 0.2) is 24.3 Å². The molecule has 1 aromatic carbocycles. The maximum atomic E-state index is 13.1. The zero-order valence-electron chi connectivity index (χ0n) is 16.6. The highest BCUT2D eigenvalue weighted by Crippen LogP contribution is 2.31. The summed E-state index contributed by atoms with van der Waals surface area (Å²) in [5.41, 5.74) is 4.01. The van der Waals surface area contributed by atoms with E-state index in [-0.39, 0.29) is 24.4 Å². The Labute approximate surface area is 163 Å². The molecule has 1 rings (SSSR count). The number of amides is 2. The van der Waals surface area contributed by atoms with Crippen LogP contribution in [-0.2, 0) is 15.7 Å². The summed E-state index contributed by atoms with van der Waals surface area (Å²) in [6.45, 7) is 7.74. The van der Waals surface area contributed by atoms with E-state index in [1.807, 2.05) is 0 Å². The summed E-state index contributed by atoms with van der Waals surface area (Å²) in [5, 5.41) is 2.51. The molecule has 0 aliphatic heterocycles. The number of nitrogens with two attached hydrogens (primary N) is 1. The molecule has 0 bridgehead atoms. The molecule has 1 atom stereocenters. The number of halogens is 3.